The largest absolute Gasteiger partial charge is 1.00 e. The van der Waals surface area contributed by atoms with Crippen molar-refractivity contribution in [3.63, 3.8) is 0 Å². The highest BCUT2D eigenvalue weighted by Crippen LogP contribution is 2.18. The van der Waals surface area contributed by atoms with Crippen LogP contribution in [0.4, 0.5) is 0 Å². The molecule has 0 spiro atoms. The molecule has 14 heavy (non-hydrogen) atoms. The summed E-state index contributed by atoms with van der Waals surface area (Å²) >= 11 is 0. The van der Waals surface area contributed by atoms with E-state index in [0.29, 0.717) is 10.9 Å². The summed E-state index contributed by atoms with van der Waals surface area (Å²) in [5.41, 5.74) is 5.28. The van der Waals surface area contributed by atoms with Crippen LogP contribution in [-0.4, -0.2) is 37.1 Å². The van der Waals surface area contributed by atoms with Gasteiger partial charge in [-0.15, -0.1) is 0 Å². The van der Waals surface area contributed by atoms with E-state index in [1.807, 2.05) is 35.0 Å². The number of ketones is 1. The van der Waals surface area contributed by atoms with Gasteiger partial charge in [-0.1, -0.05) is 13.0 Å². The van der Waals surface area contributed by atoms with E-state index in [0.717, 1.165) is 0 Å². The van der Waals surface area contributed by atoms with Gasteiger partial charge in [-0.3, -0.25) is 10.5 Å². The maximum absolute atomic E-state index is 11.7. The Bertz CT molecular complexity index is 221. The molecule has 2 N–H and O–H groups in total. The minimum atomic E-state index is -0.799. The van der Waals surface area contributed by atoms with E-state index in [9.17, 15) is 4.79 Å². The first-order valence-electron chi connectivity index (χ1n) is 4.57. The lowest BCUT2D eigenvalue weighted by Crippen LogP contribution is -3.00. The zero-order valence-electron chi connectivity index (χ0n) is 9.67. The smallest absolute Gasteiger partial charge is 0.231 e. The minimum absolute atomic E-state index is 0. The molecule has 3 nitrogen and oxygen atoms in total. The summed E-state index contributed by atoms with van der Waals surface area (Å²) in [6.45, 7) is 3.76. The predicted molar refractivity (Wildman–Crippen MR) is 55.1 cm³/mol. The van der Waals surface area contributed by atoms with E-state index in [4.69, 9.17) is 5.73 Å². The van der Waals surface area contributed by atoms with Crippen molar-refractivity contribution in [2.75, 3.05) is 21.1 Å². The van der Waals surface area contributed by atoms with Crippen LogP contribution < -0.4 is 18.1 Å². The molecule has 0 rings (SSSR count). The molecule has 0 bridgehead atoms. The van der Waals surface area contributed by atoms with Crippen LogP contribution in [0.5, 0.6) is 0 Å². The van der Waals surface area contributed by atoms with Crippen molar-refractivity contribution >= 4 is 5.78 Å². The molecule has 0 aliphatic heterocycles. The van der Waals surface area contributed by atoms with Gasteiger partial charge in [-0.05, 0) is 13.0 Å². The molecule has 0 aliphatic rings. The molecule has 0 radical (unpaired) electrons. The van der Waals surface area contributed by atoms with E-state index in [1.54, 1.807) is 12.2 Å². The van der Waals surface area contributed by atoms with E-state index in [-0.39, 0.29) is 18.2 Å². The van der Waals surface area contributed by atoms with Crippen molar-refractivity contribution < 1.29 is 21.7 Å². The molecule has 0 saturated heterocycles. The fourth-order valence-electron chi connectivity index (χ4n) is 1.27. The molecule has 0 aromatic carbocycles. The number of quaternary nitrogens is 1. The fraction of sp³-hybridized carbons (Fsp3) is 0.700. The molecule has 1 unspecified atom stereocenters. The topological polar surface area (TPSA) is 43.1 Å². The average molecular weight is 221 g/mol. The van der Waals surface area contributed by atoms with Crippen LogP contribution in [0.1, 0.15) is 20.3 Å². The molecule has 0 aliphatic carbocycles. The van der Waals surface area contributed by atoms with Crippen LogP contribution in [0.15, 0.2) is 12.2 Å². The standard InChI is InChI=1S/C10H21N2O.ClH/c1-6-8-9(13)10(11,7-2)12(3,4)5;/h6,8H,7,11H2,1-5H3;1H/q+1;/p-1. The van der Waals surface area contributed by atoms with Crippen LogP contribution in [0, 0.1) is 0 Å². The normalized spacial score (nSPS) is 16.1. The van der Waals surface area contributed by atoms with Gasteiger partial charge >= 0.3 is 0 Å². The van der Waals surface area contributed by atoms with Crippen molar-refractivity contribution in [2.45, 2.75) is 25.9 Å². The average Bonchev–Trinajstić information content (AvgIpc) is 2.01. The molecule has 0 fully saturated rings. The van der Waals surface area contributed by atoms with Crippen LogP contribution in [0.25, 0.3) is 0 Å². The van der Waals surface area contributed by atoms with Gasteiger partial charge in [-0.2, -0.15) is 0 Å². The Hall–Kier alpha value is -0.380. The minimum Gasteiger partial charge on any atom is -1.00 e. The third-order valence-electron chi connectivity index (χ3n) is 2.48. The van der Waals surface area contributed by atoms with Crippen molar-refractivity contribution in [2.24, 2.45) is 5.73 Å². The molecule has 0 aromatic heterocycles. The number of carbonyl (C=O) groups excluding carboxylic acids is 1. The van der Waals surface area contributed by atoms with Crippen LogP contribution >= 0.6 is 0 Å². The van der Waals surface area contributed by atoms with Crippen LogP contribution in [0.3, 0.4) is 0 Å². The van der Waals surface area contributed by atoms with E-state index < -0.39 is 5.66 Å². The quantitative estimate of drug-likeness (QED) is 0.336. The van der Waals surface area contributed by atoms with Gasteiger partial charge in [0.2, 0.25) is 11.4 Å². The van der Waals surface area contributed by atoms with E-state index in [2.05, 4.69) is 0 Å². The second-order valence-corrected chi connectivity index (χ2v) is 4.15. The van der Waals surface area contributed by atoms with Crippen molar-refractivity contribution in [1.29, 1.82) is 0 Å². The van der Waals surface area contributed by atoms with Gasteiger partial charge in [-0.25, -0.2) is 0 Å². The summed E-state index contributed by atoms with van der Waals surface area (Å²) in [6, 6.07) is 0. The summed E-state index contributed by atoms with van der Waals surface area (Å²) in [4.78, 5) is 11.7. The highest BCUT2D eigenvalue weighted by atomic mass is 35.5. The number of nitrogens with two attached hydrogens (primary N) is 1. The van der Waals surface area contributed by atoms with Crippen LogP contribution in [0.2, 0.25) is 0 Å². The van der Waals surface area contributed by atoms with Gasteiger partial charge in [0.1, 0.15) is 0 Å². The van der Waals surface area contributed by atoms with Gasteiger partial charge in [0.05, 0.1) is 21.1 Å². The van der Waals surface area contributed by atoms with E-state index in [1.165, 1.54) is 0 Å². The maximum Gasteiger partial charge on any atom is 0.231 e. The zero-order valence-corrected chi connectivity index (χ0v) is 10.4. The number of hydrogen-bond acceptors (Lipinski definition) is 2. The molecule has 0 saturated carbocycles. The Morgan fingerprint density at radius 3 is 2.07 bits per heavy atom. The summed E-state index contributed by atoms with van der Waals surface area (Å²) in [5.74, 6) is -0.00926. The Morgan fingerprint density at radius 2 is 1.86 bits per heavy atom. The Balaban J connectivity index is 0. The number of nitrogens with zero attached hydrogens (tertiary/aromatic N) is 1. The molecule has 1 atom stereocenters. The van der Waals surface area contributed by atoms with Gasteiger partial charge in [0.25, 0.3) is 0 Å². The predicted octanol–water partition coefficient (Wildman–Crippen LogP) is -2.09. The van der Waals surface area contributed by atoms with Gasteiger partial charge in [0.15, 0.2) is 0 Å². The molecule has 84 valence electrons. The highest BCUT2D eigenvalue weighted by Gasteiger charge is 2.43. The third-order valence-corrected chi connectivity index (χ3v) is 2.48. The van der Waals surface area contributed by atoms with Gasteiger partial charge in [0, 0.05) is 6.42 Å². The second kappa shape index (κ2) is 5.49. The molecule has 0 amide bonds. The molecule has 0 heterocycles. The summed E-state index contributed by atoms with van der Waals surface area (Å²) in [5, 5.41) is 0. The van der Waals surface area contributed by atoms with Crippen molar-refractivity contribution in [1.82, 2.24) is 0 Å². The Morgan fingerprint density at radius 1 is 1.43 bits per heavy atom. The lowest BCUT2D eigenvalue weighted by Gasteiger charge is -2.40. The molecular weight excluding hydrogens is 200 g/mol. The first-order chi connectivity index (χ1) is 5.79. The first-order valence-corrected chi connectivity index (χ1v) is 4.57. The number of halogens is 1. The summed E-state index contributed by atoms with van der Waals surface area (Å²) < 4.78 is 0.451. The first kappa shape index (κ1) is 16.1. The number of rotatable bonds is 4. The SMILES string of the molecule is CC=CC(=O)C(N)(CC)[N+](C)(C)C.[Cl-]. The summed E-state index contributed by atoms with van der Waals surface area (Å²) in [6.07, 6.45) is 3.92. The monoisotopic (exact) mass is 220 g/mol. The van der Waals surface area contributed by atoms with Crippen molar-refractivity contribution in [3.05, 3.63) is 12.2 Å². The number of hydrogen-bond donors (Lipinski definition) is 1. The van der Waals surface area contributed by atoms with Crippen molar-refractivity contribution in [3.8, 4) is 0 Å². The third kappa shape index (κ3) is 3.08. The molecule has 0 aromatic rings. The fourth-order valence-corrected chi connectivity index (χ4v) is 1.27. The molecular formula is C10H21ClN2O. The lowest BCUT2D eigenvalue weighted by atomic mass is 9.98. The second-order valence-electron chi connectivity index (χ2n) is 4.15. The number of allylic oxidation sites excluding steroid dienone is 1. The highest BCUT2D eigenvalue weighted by molar-refractivity contribution is 5.96. The van der Waals surface area contributed by atoms with Crippen LogP contribution in [-0.2, 0) is 4.79 Å². The maximum atomic E-state index is 11.7. The zero-order chi connectivity index (χ0) is 10.7. The molecule has 4 heteroatoms. The van der Waals surface area contributed by atoms with Gasteiger partial charge < -0.3 is 16.9 Å². The Kier molecular flexibility index (Phi) is 6.30. The number of likely N-dealkylation sites (N-methyl/N-ethyl adjacent to an activating group) is 1. The lowest BCUT2D eigenvalue weighted by molar-refractivity contribution is -0.912. The number of carbonyl (C=O) groups is 1. The van der Waals surface area contributed by atoms with E-state index >= 15 is 0 Å². The Labute approximate surface area is 93.0 Å². The summed E-state index contributed by atoms with van der Waals surface area (Å²) in [7, 11) is 5.81.